The van der Waals surface area contributed by atoms with Crippen LogP contribution in [0.3, 0.4) is 0 Å². The Labute approximate surface area is 94.7 Å². The first-order valence-electron chi connectivity index (χ1n) is 6.41. The molecule has 2 heteroatoms. The van der Waals surface area contributed by atoms with Gasteiger partial charge in [0.15, 0.2) is 0 Å². The van der Waals surface area contributed by atoms with Gasteiger partial charge in [0.1, 0.15) is 0 Å². The van der Waals surface area contributed by atoms with Crippen LogP contribution in [-0.4, -0.2) is 35.7 Å². The molecular formula is C13H27NO. The minimum absolute atomic E-state index is 0.128. The van der Waals surface area contributed by atoms with Gasteiger partial charge in [0.25, 0.3) is 0 Å². The van der Waals surface area contributed by atoms with Gasteiger partial charge in [0, 0.05) is 19.6 Å². The van der Waals surface area contributed by atoms with Gasteiger partial charge in [-0.05, 0) is 30.6 Å². The van der Waals surface area contributed by atoms with Crippen molar-refractivity contribution in [3.8, 4) is 0 Å². The van der Waals surface area contributed by atoms with Crippen LogP contribution in [0.5, 0.6) is 0 Å². The molecule has 1 fully saturated rings. The van der Waals surface area contributed by atoms with E-state index in [1.807, 2.05) is 0 Å². The Morgan fingerprint density at radius 3 is 2.13 bits per heavy atom. The second-order valence-electron chi connectivity index (χ2n) is 5.66. The van der Waals surface area contributed by atoms with Crippen molar-refractivity contribution in [1.82, 2.24) is 4.90 Å². The number of aliphatic hydroxyl groups is 1. The SMILES string of the molecule is CCC1(CC)CN(CC(O)CC(C)C)C1. The number of hydrogen-bond acceptors (Lipinski definition) is 2. The fraction of sp³-hybridized carbons (Fsp3) is 1.00. The zero-order valence-corrected chi connectivity index (χ0v) is 10.8. The maximum absolute atomic E-state index is 9.83. The predicted molar refractivity (Wildman–Crippen MR) is 64.9 cm³/mol. The van der Waals surface area contributed by atoms with Gasteiger partial charge in [-0.25, -0.2) is 0 Å². The topological polar surface area (TPSA) is 23.5 Å². The van der Waals surface area contributed by atoms with E-state index in [0.717, 1.165) is 13.0 Å². The summed E-state index contributed by atoms with van der Waals surface area (Å²) in [6.07, 6.45) is 3.36. The van der Waals surface area contributed by atoms with Gasteiger partial charge >= 0.3 is 0 Å². The molecule has 0 saturated carbocycles. The predicted octanol–water partition coefficient (Wildman–Crippen LogP) is 2.52. The quantitative estimate of drug-likeness (QED) is 0.733. The second-order valence-corrected chi connectivity index (χ2v) is 5.66. The molecule has 0 spiro atoms. The minimum atomic E-state index is -0.128. The highest BCUT2D eigenvalue weighted by Gasteiger charge is 2.39. The lowest BCUT2D eigenvalue weighted by Crippen LogP contribution is -2.57. The van der Waals surface area contributed by atoms with Crippen molar-refractivity contribution in [2.45, 2.75) is 53.1 Å². The lowest BCUT2D eigenvalue weighted by Gasteiger charge is -2.50. The van der Waals surface area contributed by atoms with E-state index in [9.17, 15) is 5.11 Å². The maximum Gasteiger partial charge on any atom is 0.0669 e. The second kappa shape index (κ2) is 5.31. The summed E-state index contributed by atoms with van der Waals surface area (Å²) in [5, 5.41) is 9.83. The first kappa shape index (κ1) is 13.0. The van der Waals surface area contributed by atoms with Crippen molar-refractivity contribution in [3.63, 3.8) is 0 Å². The normalized spacial score (nSPS) is 22.8. The summed E-state index contributed by atoms with van der Waals surface area (Å²) >= 11 is 0. The molecule has 1 atom stereocenters. The summed E-state index contributed by atoms with van der Waals surface area (Å²) < 4.78 is 0. The summed E-state index contributed by atoms with van der Waals surface area (Å²) in [4.78, 5) is 2.40. The van der Waals surface area contributed by atoms with Gasteiger partial charge in [-0.1, -0.05) is 27.7 Å². The molecule has 2 nitrogen and oxygen atoms in total. The van der Waals surface area contributed by atoms with Crippen LogP contribution < -0.4 is 0 Å². The third-order valence-electron chi connectivity index (χ3n) is 3.83. The molecule has 1 rings (SSSR count). The van der Waals surface area contributed by atoms with Crippen LogP contribution >= 0.6 is 0 Å². The smallest absolute Gasteiger partial charge is 0.0669 e. The van der Waals surface area contributed by atoms with Gasteiger partial charge in [-0.2, -0.15) is 0 Å². The lowest BCUT2D eigenvalue weighted by molar-refractivity contribution is -0.0355. The largest absolute Gasteiger partial charge is 0.392 e. The van der Waals surface area contributed by atoms with Crippen molar-refractivity contribution >= 4 is 0 Å². The number of β-amino-alcohol motifs (C(OH)–C–C–N with tert-alkyl or cyclic N) is 1. The minimum Gasteiger partial charge on any atom is -0.392 e. The van der Waals surface area contributed by atoms with Crippen LogP contribution in [0.4, 0.5) is 0 Å². The van der Waals surface area contributed by atoms with E-state index in [1.54, 1.807) is 0 Å². The number of aliphatic hydroxyl groups excluding tert-OH is 1. The summed E-state index contributed by atoms with van der Waals surface area (Å²) in [6.45, 7) is 12.2. The Morgan fingerprint density at radius 1 is 1.20 bits per heavy atom. The molecule has 90 valence electrons. The van der Waals surface area contributed by atoms with Crippen LogP contribution in [-0.2, 0) is 0 Å². The molecule has 0 aromatic rings. The van der Waals surface area contributed by atoms with Crippen molar-refractivity contribution in [2.24, 2.45) is 11.3 Å². The van der Waals surface area contributed by atoms with Crippen molar-refractivity contribution in [1.29, 1.82) is 0 Å². The van der Waals surface area contributed by atoms with Crippen LogP contribution in [0.2, 0.25) is 0 Å². The summed E-state index contributed by atoms with van der Waals surface area (Å²) in [7, 11) is 0. The molecule has 0 aromatic heterocycles. The van der Waals surface area contributed by atoms with E-state index in [0.29, 0.717) is 11.3 Å². The highest BCUT2D eigenvalue weighted by molar-refractivity contribution is 4.93. The van der Waals surface area contributed by atoms with Crippen LogP contribution in [0, 0.1) is 11.3 Å². The molecule has 1 aliphatic heterocycles. The van der Waals surface area contributed by atoms with Gasteiger partial charge in [0.2, 0.25) is 0 Å². The zero-order chi connectivity index (χ0) is 11.5. The van der Waals surface area contributed by atoms with E-state index in [2.05, 4.69) is 32.6 Å². The first-order valence-corrected chi connectivity index (χ1v) is 6.41. The number of rotatable bonds is 6. The molecule has 15 heavy (non-hydrogen) atoms. The third-order valence-corrected chi connectivity index (χ3v) is 3.83. The van der Waals surface area contributed by atoms with Gasteiger partial charge in [-0.15, -0.1) is 0 Å². The summed E-state index contributed by atoms with van der Waals surface area (Å²) in [5.74, 6) is 0.600. The molecule has 1 N–H and O–H groups in total. The number of hydrogen-bond donors (Lipinski definition) is 1. The van der Waals surface area contributed by atoms with Crippen molar-refractivity contribution in [2.75, 3.05) is 19.6 Å². The highest BCUT2D eigenvalue weighted by Crippen LogP contribution is 2.36. The van der Waals surface area contributed by atoms with Crippen LogP contribution in [0.25, 0.3) is 0 Å². The van der Waals surface area contributed by atoms with Crippen molar-refractivity contribution < 1.29 is 5.11 Å². The number of nitrogens with zero attached hydrogens (tertiary/aromatic N) is 1. The monoisotopic (exact) mass is 213 g/mol. The average molecular weight is 213 g/mol. The van der Waals surface area contributed by atoms with Crippen molar-refractivity contribution in [3.05, 3.63) is 0 Å². The molecule has 0 aromatic carbocycles. The first-order chi connectivity index (χ1) is 7.01. The molecule has 0 radical (unpaired) electrons. The average Bonchev–Trinajstić information content (AvgIpc) is 2.09. The standard InChI is InChI=1S/C13H27NO/c1-5-13(6-2)9-14(10-13)8-12(15)7-11(3)4/h11-12,15H,5-10H2,1-4H3. The molecule has 1 aliphatic rings. The molecule has 0 bridgehead atoms. The Morgan fingerprint density at radius 2 is 1.73 bits per heavy atom. The lowest BCUT2D eigenvalue weighted by atomic mass is 9.75. The Hall–Kier alpha value is -0.0800. The van der Waals surface area contributed by atoms with Gasteiger partial charge in [-0.3, -0.25) is 4.90 Å². The third kappa shape index (κ3) is 3.46. The molecular weight excluding hydrogens is 186 g/mol. The van der Waals surface area contributed by atoms with E-state index in [-0.39, 0.29) is 6.10 Å². The zero-order valence-electron chi connectivity index (χ0n) is 10.8. The molecule has 0 amide bonds. The van der Waals surface area contributed by atoms with E-state index in [1.165, 1.54) is 25.9 Å². The Bertz CT molecular complexity index is 179. The molecule has 0 aliphatic carbocycles. The van der Waals surface area contributed by atoms with E-state index < -0.39 is 0 Å². The number of likely N-dealkylation sites (tertiary alicyclic amines) is 1. The van der Waals surface area contributed by atoms with Gasteiger partial charge < -0.3 is 5.11 Å². The summed E-state index contributed by atoms with van der Waals surface area (Å²) in [5.41, 5.74) is 0.567. The van der Waals surface area contributed by atoms with E-state index >= 15 is 0 Å². The van der Waals surface area contributed by atoms with Gasteiger partial charge in [0.05, 0.1) is 6.10 Å². The highest BCUT2D eigenvalue weighted by atomic mass is 16.3. The molecule has 1 heterocycles. The van der Waals surface area contributed by atoms with Crippen LogP contribution in [0.1, 0.15) is 47.0 Å². The fourth-order valence-corrected chi connectivity index (χ4v) is 2.65. The van der Waals surface area contributed by atoms with Crippen LogP contribution in [0.15, 0.2) is 0 Å². The Kier molecular flexibility index (Phi) is 4.60. The molecule has 1 saturated heterocycles. The molecule has 1 unspecified atom stereocenters. The summed E-state index contributed by atoms with van der Waals surface area (Å²) in [6, 6.07) is 0. The van der Waals surface area contributed by atoms with E-state index in [4.69, 9.17) is 0 Å². The Balaban J connectivity index is 2.22. The fourth-order valence-electron chi connectivity index (χ4n) is 2.65. The maximum atomic E-state index is 9.83.